The summed E-state index contributed by atoms with van der Waals surface area (Å²) in [6, 6.07) is 1.64. The van der Waals surface area contributed by atoms with E-state index in [1.807, 2.05) is 0 Å². The van der Waals surface area contributed by atoms with Gasteiger partial charge in [-0.1, -0.05) is 6.42 Å². The van der Waals surface area contributed by atoms with Gasteiger partial charge in [-0.25, -0.2) is 18.7 Å². The Morgan fingerprint density at radius 1 is 1.32 bits per heavy atom. The lowest BCUT2D eigenvalue weighted by Gasteiger charge is -2.39. The molecule has 7 nitrogen and oxygen atoms in total. The number of carbonyl (C=O) groups excluding carboxylic acids is 1. The summed E-state index contributed by atoms with van der Waals surface area (Å²) < 4.78 is 26.7. The Morgan fingerprint density at radius 3 is 2.64 bits per heavy atom. The summed E-state index contributed by atoms with van der Waals surface area (Å²) in [5.41, 5.74) is -1.01. The Kier molecular flexibility index (Phi) is 3.78. The molecule has 1 amide bonds. The Morgan fingerprint density at radius 2 is 2.05 bits per heavy atom. The van der Waals surface area contributed by atoms with Crippen LogP contribution in [0.1, 0.15) is 25.7 Å². The molecule has 0 saturated heterocycles. The van der Waals surface area contributed by atoms with E-state index in [-0.39, 0.29) is 11.9 Å². The normalized spacial score (nSPS) is 16.3. The number of rotatable bonds is 5. The van der Waals surface area contributed by atoms with Crippen LogP contribution in [0.4, 0.5) is 14.7 Å². The summed E-state index contributed by atoms with van der Waals surface area (Å²) in [5, 5.41) is 6.52. The fourth-order valence-electron chi connectivity index (χ4n) is 2.53. The predicted octanol–water partition coefficient (Wildman–Crippen LogP) is 1.82. The Labute approximate surface area is 124 Å². The zero-order valence-electron chi connectivity index (χ0n) is 11.6. The van der Waals surface area contributed by atoms with Gasteiger partial charge in [0.25, 0.3) is 5.95 Å². The zero-order valence-corrected chi connectivity index (χ0v) is 11.6. The third-order valence-corrected chi connectivity index (χ3v) is 3.85. The van der Waals surface area contributed by atoms with E-state index in [1.54, 1.807) is 6.07 Å². The van der Waals surface area contributed by atoms with Gasteiger partial charge in [0.05, 0.1) is 5.41 Å². The Hall–Kier alpha value is -2.45. The number of nitrogens with one attached hydrogen (secondary N) is 1. The molecule has 0 aliphatic heterocycles. The third-order valence-electron chi connectivity index (χ3n) is 3.85. The van der Waals surface area contributed by atoms with Gasteiger partial charge in [0.2, 0.25) is 18.3 Å². The molecule has 0 radical (unpaired) electrons. The van der Waals surface area contributed by atoms with E-state index in [0.717, 1.165) is 6.42 Å². The number of aromatic nitrogens is 5. The summed E-state index contributed by atoms with van der Waals surface area (Å²) in [7, 11) is 0. The zero-order chi connectivity index (χ0) is 15.6. The van der Waals surface area contributed by atoms with Crippen LogP contribution in [0, 0.1) is 5.41 Å². The number of halogens is 2. The van der Waals surface area contributed by atoms with Crippen LogP contribution < -0.4 is 5.32 Å². The molecule has 9 heteroatoms. The third kappa shape index (κ3) is 2.66. The van der Waals surface area contributed by atoms with Crippen molar-refractivity contribution in [2.24, 2.45) is 5.41 Å². The highest BCUT2D eigenvalue weighted by Crippen LogP contribution is 2.46. The predicted molar refractivity (Wildman–Crippen MR) is 72.5 cm³/mol. The second kappa shape index (κ2) is 5.74. The van der Waals surface area contributed by atoms with Crippen LogP contribution in [0.3, 0.4) is 0 Å². The van der Waals surface area contributed by atoms with E-state index in [0.29, 0.717) is 12.8 Å². The summed E-state index contributed by atoms with van der Waals surface area (Å²) in [6.07, 6.45) is 3.04. The van der Waals surface area contributed by atoms with Crippen molar-refractivity contribution < 1.29 is 13.6 Å². The monoisotopic (exact) mass is 308 g/mol. The molecule has 0 bridgehead atoms. The quantitative estimate of drug-likeness (QED) is 0.910. The van der Waals surface area contributed by atoms with Gasteiger partial charge >= 0.3 is 0 Å². The van der Waals surface area contributed by atoms with Gasteiger partial charge < -0.3 is 0 Å². The van der Waals surface area contributed by atoms with Gasteiger partial charge in [0.1, 0.15) is 6.33 Å². The topological polar surface area (TPSA) is 85.6 Å². The molecule has 0 atom stereocenters. The number of anilines is 1. The van der Waals surface area contributed by atoms with Gasteiger partial charge in [-0.05, 0) is 18.9 Å². The van der Waals surface area contributed by atoms with Crippen molar-refractivity contribution in [2.45, 2.75) is 32.1 Å². The first-order valence-electron chi connectivity index (χ1n) is 6.88. The van der Waals surface area contributed by atoms with Gasteiger partial charge in [0, 0.05) is 18.8 Å². The van der Waals surface area contributed by atoms with Crippen molar-refractivity contribution in [3.8, 4) is 5.95 Å². The van der Waals surface area contributed by atoms with Crippen LogP contribution in [0.5, 0.6) is 0 Å². The highest BCUT2D eigenvalue weighted by Gasteiger charge is 2.46. The van der Waals surface area contributed by atoms with Crippen molar-refractivity contribution in [2.75, 3.05) is 5.32 Å². The maximum absolute atomic E-state index is 12.7. The second-order valence-electron chi connectivity index (χ2n) is 5.23. The number of carbonyl (C=O) groups is 1. The molecule has 2 aromatic rings. The van der Waals surface area contributed by atoms with Gasteiger partial charge in [-0.3, -0.25) is 10.1 Å². The molecule has 2 heterocycles. The molecular formula is C13H14F2N6O. The molecule has 3 rings (SSSR count). The maximum atomic E-state index is 12.7. The van der Waals surface area contributed by atoms with Crippen LogP contribution in [-0.4, -0.2) is 37.1 Å². The molecule has 1 aliphatic rings. The van der Waals surface area contributed by atoms with E-state index in [4.69, 9.17) is 0 Å². The minimum absolute atomic E-state index is 0.122. The van der Waals surface area contributed by atoms with Crippen molar-refractivity contribution in [1.29, 1.82) is 0 Å². The van der Waals surface area contributed by atoms with E-state index in [9.17, 15) is 13.6 Å². The molecule has 0 aromatic carbocycles. The van der Waals surface area contributed by atoms with Crippen LogP contribution in [0.15, 0.2) is 24.8 Å². The molecule has 1 N–H and O–H groups in total. The molecule has 1 fully saturated rings. The highest BCUT2D eigenvalue weighted by molar-refractivity contribution is 5.94. The summed E-state index contributed by atoms with van der Waals surface area (Å²) in [4.78, 5) is 24.3. The van der Waals surface area contributed by atoms with Crippen LogP contribution in [0.25, 0.3) is 5.95 Å². The minimum Gasteiger partial charge on any atom is -0.294 e. The number of hydrogen-bond donors (Lipinski definition) is 1. The van der Waals surface area contributed by atoms with Crippen molar-refractivity contribution >= 4 is 11.9 Å². The average Bonchev–Trinajstić information content (AvgIpc) is 2.91. The fourth-order valence-corrected chi connectivity index (χ4v) is 2.53. The van der Waals surface area contributed by atoms with Crippen LogP contribution in [0.2, 0.25) is 0 Å². The number of hydrogen-bond acceptors (Lipinski definition) is 5. The van der Waals surface area contributed by atoms with Gasteiger partial charge in [0.15, 0.2) is 0 Å². The standard InChI is InChI=1S/C13H14F2N6O/c14-9(15)7-13(3-1-4-13)10(22)20-12-18-8-19-21(12)11-16-5-2-6-17-11/h2,5-6,8-9H,1,3-4,7H2,(H,18,19,20,22). The lowest BCUT2D eigenvalue weighted by Crippen LogP contribution is -2.43. The Balaban J connectivity index is 1.79. The largest absolute Gasteiger partial charge is 0.294 e. The van der Waals surface area contributed by atoms with E-state index in [1.165, 1.54) is 23.4 Å². The second-order valence-corrected chi connectivity index (χ2v) is 5.23. The average molecular weight is 308 g/mol. The lowest BCUT2D eigenvalue weighted by molar-refractivity contribution is -0.133. The molecule has 0 spiro atoms. The first-order valence-corrected chi connectivity index (χ1v) is 6.88. The van der Waals surface area contributed by atoms with Crippen molar-refractivity contribution in [3.05, 3.63) is 24.8 Å². The number of nitrogens with zero attached hydrogens (tertiary/aromatic N) is 5. The van der Waals surface area contributed by atoms with E-state index in [2.05, 4.69) is 25.4 Å². The molecule has 2 aromatic heterocycles. The van der Waals surface area contributed by atoms with Crippen LogP contribution >= 0.6 is 0 Å². The van der Waals surface area contributed by atoms with Crippen molar-refractivity contribution in [1.82, 2.24) is 24.7 Å². The molecule has 0 unspecified atom stereocenters. The molecular weight excluding hydrogens is 294 g/mol. The SMILES string of the molecule is O=C(Nc1ncnn1-c1ncccn1)C1(CC(F)F)CCC1. The minimum atomic E-state index is -2.51. The summed E-state index contributed by atoms with van der Waals surface area (Å²) >= 11 is 0. The van der Waals surface area contributed by atoms with E-state index >= 15 is 0 Å². The molecule has 22 heavy (non-hydrogen) atoms. The number of alkyl halides is 2. The van der Waals surface area contributed by atoms with Crippen LogP contribution in [-0.2, 0) is 4.79 Å². The summed E-state index contributed by atoms with van der Waals surface area (Å²) in [6.45, 7) is 0. The molecule has 1 saturated carbocycles. The molecule has 1 aliphatic carbocycles. The maximum Gasteiger partial charge on any atom is 0.253 e. The van der Waals surface area contributed by atoms with E-state index < -0.39 is 24.2 Å². The van der Waals surface area contributed by atoms with Crippen molar-refractivity contribution in [3.63, 3.8) is 0 Å². The smallest absolute Gasteiger partial charge is 0.253 e. The van der Waals surface area contributed by atoms with Gasteiger partial charge in [-0.15, -0.1) is 0 Å². The van der Waals surface area contributed by atoms with Gasteiger partial charge in [-0.2, -0.15) is 14.8 Å². The fraction of sp³-hybridized carbons (Fsp3) is 0.462. The first kappa shape index (κ1) is 14.5. The first-order chi connectivity index (χ1) is 10.6. The highest BCUT2D eigenvalue weighted by atomic mass is 19.3. The Bertz CT molecular complexity index is 656. The molecule has 116 valence electrons. The number of amides is 1. The lowest BCUT2D eigenvalue weighted by atomic mass is 9.66. The summed E-state index contributed by atoms with van der Waals surface area (Å²) in [5.74, 6) is -0.0900.